The highest BCUT2D eigenvalue weighted by atomic mass is 15.3. The summed E-state index contributed by atoms with van der Waals surface area (Å²) in [7, 11) is 0. The summed E-state index contributed by atoms with van der Waals surface area (Å²) >= 11 is 0. The number of nitrogens with zero attached hydrogens (tertiary/aromatic N) is 5. The molecule has 0 spiro atoms. The van der Waals surface area contributed by atoms with Crippen molar-refractivity contribution in [1.82, 2.24) is 23.3 Å². The van der Waals surface area contributed by atoms with Crippen LogP contribution in [0, 0.1) is 6.92 Å². The summed E-state index contributed by atoms with van der Waals surface area (Å²) in [5.74, 6) is 1.52. The number of rotatable bonds is 3. The predicted molar refractivity (Wildman–Crippen MR) is 132 cm³/mol. The number of benzene rings is 3. The molecular formula is C27H21N5. The summed E-state index contributed by atoms with van der Waals surface area (Å²) in [6, 6.07) is 24.7. The van der Waals surface area contributed by atoms with E-state index in [1.54, 1.807) is 0 Å². The van der Waals surface area contributed by atoms with E-state index in [1.165, 1.54) is 5.56 Å². The Labute approximate surface area is 184 Å². The molecule has 3 heterocycles. The summed E-state index contributed by atoms with van der Waals surface area (Å²) in [4.78, 5) is 10.1. The van der Waals surface area contributed by atoms with Crippen molar-refractivity contribution < 1.29 is 0 Å². The van der Waals surface area contributed by atoms with E-state index in [-0.39, 0.29) is 0 Å². The van der Waals surface area contributed by atoms with Crippen LogP contribution in [0.3, 0.4) is 0 Å². The van der Waals surface area contributed by atoms with Crippen LogP contribution < -0.4 is 0 Å². The molecule has 154 valence electrons. The van der Waals surface area contributed by atoms with E-state index in [2.05, 4.69) is 69.8 Å². The van der Waals surface area contributed by atoms with Gasteiger partial charge in [-0.3, -0.25) is 8.80 Å². The molecule has 0 fully saturated rings. The van der Waals surface area contributed by atoms with E-state index in [1.807, 2.05) is 48.6 Å². The zero-order valence-corrected chi connectivity index (χ0v) is 17.7. The zero-order valence-electron chi connectivity index (χ0n) is 17.7. The van der Waals surface area contributed by atoms with Crippen LogP contribution in [0.1, 0.15) is 17.0 Å². The van der Waals surface area contributed by atoms with E-state index in [9.17, 15) is 0 Å². The van der Waals surface area contributed by atoms with Crippen molar-refractivity contribution in [2.45, 2.75) is 6.92 Å². The third kappa shape index (κ3) is 2.45. The predicted octanol–water partition coefficient (Wildman–Crippen LogP) is 6.24. The highest BCUT2D eigenvalue weighted by molar-refractivity contribution is 5.86. The summed E-state index contributed by atoms with van der Waals surface area (Å²) in [5, 5.41) is 0. The highest BCUT2D eigenvalue weighted by Crippen LogP contribution is 2.28. The molecule has 6 aromatic rings. The lowest BCUT2D eigenvalue weighted by atomic mass is 10.2. The van der Waals surface area contributed by atoms with Crippen LogP contribution in [-0.4, -0.2) is 23.3 Å². The highest BCUT2D eigenvalue weighted by Gasteiger charge is 2.19. The Balaban J connectivity index is 2.01. The molecule has 0 aliphatic heterocycles. The fourth-order valence-corrected chi connectivity index (χ4v) is 4.44. The van der Waals surface area contributed by atoms with Crippen LogP contribution in [0.4, 0.5) is 0 Å². The molecule has 0 aliphatic carbocycles. The Morgan fingerprint density at radius 3 is 1.59 bits per heavy atom. The molecule has 0 radical (unpaired) electrons. The van der Waals surface area contributed by atoms with Gasteiger partial charge in [-0.15, -0.1) is 0 Å². The van der Waals surface area contributed by atoms with Gasteiger partial charge in [0.15, 0.2) is 0 Å². The monoisotopic (exact) mass is 415 g/mol. The normalized spacial score (nSPS) is 11.5. The molecule has 3 aromatic carbocycles. The summed E-state index contributed by atoms with van der Waals surface area (Å²) in [6.07, 6.45) is 3.73. The first-order valence-electron chi connectivity index (χ1n) is 10.5. The smallest absolute Gasteiger partial charge is 0.223 e. The maximum absolute atomic E-state index is 5.05. The van der Waals surface area contributed by atoms with Gasteiger partial charge in [-0.05, 0) is 55.5 Å². The van der Waals surface area contributed by atoms with Gasteiger partial charge in [-0.1, -0.05) is 55.1 Å². The third-order valence-electron chi connectivity index (χ3n) is 5.91. The number of fused-ring (bicyclic) bond motifs is 6. The van der Waals surface area contributed by atoms with Crippen molar-refractivity contribution in [3.05, 3.63) is 103 Å². The molecule has 6 rings (SSSR count). The van der Waals surface area contributed by atoms with Crippen LogP contribution >= 0.6 is 0 Å². The number of aryl methyl sites for hydroxylation is 1. The average Bonchev–Trinajstić information content (AvgIpc) is 3.35. The lowest BCUT2D eigenvalue weighted by Crippen LogP contribution is -2.02. The maximum atomic E-state index is 5.05. The van der Waals surface area contributed by atoms with Gasteiger partial charge < -0.3 is 0 Å². The van der Waals surface area contributed by atoms with Crippen molar-refractivity contribution in [2.24, 2.45) is 0 Å². The molecule has 5 nitrogen and oxygen atoms in total. The van der Waals surface area contributed by atoms with Crippen LogP contribution in [0.25, 0.3) is 51.5 Å². The average molecular weight is 416 g/mol. The van der Waals surface area contributed by atoms with Gasteiger partial charge in [0.1, 0.15) is 0 Å². The minimum atomic E-state index is 0.762. The van der Waals surface area contributed by atoms with Crippen molar-refractivity contribution >= 4 is 45.8 Å². The largest absolute Gasteiger partial charge is 0.276 e. The van der Waals surface area contributed by atoms with E-state index in [4.69, 9.17) is 9.97 Å². The van der Waals surface area contributed by atoms with Crippen molar-refractivity contribution in [1.29, 1.82) is 0 Å². The van der Waals surface area contributed by atoms with Gasteiger partial charge >= 0.3 is 0 Å². The number of hydrogen-bond donors (Lipinski definition) is 0. The van der Waals surface area contributed by atoms with E-state index < -0.39 is 0 Å². The fraction of sp³-hybridized carbons (Fsp3) is 0.0370. The zero-order chi connectivity index (χ0) is 21.8. The molecule has 0 unspecified atom stereocenters. The first-order valence-corrected chi connectivity index (χ1v) is 10.5. The molecule has 5 heteroatoms. The molecule has 0 atom stereocenters. The van der Waals surface area contributed by atoms with Gasteiger partial charge in [0.05, 0.1) is 39.1 Å². The first-order chi connectivity index (χ1) is 15.7. The first kappa shape index (κ1) is 18.4. The fourth-order valence-electron chi connectivity index (χ4n) is 4.44. The molecule has 0 saturated carbocycles. The number of para-hydroxylation sites is 4. The lowest BCUT2D eigenvalue weighted by Gasteiger charge is -2.07. The number of aromatic nitrogens is 5. The van der Waals surface area contributed by atoms with Crippen LogP contribution in [0.15, 0.2) is 86.0 Å². The Morgan fingerprint density at radius 1 is 0.656 bits per heavy atom. The van der Waals surface area contributed by atoms with Gasteiger partial charge in [-0.25, -0.2) is 14.5 Å². The molecule has 0 bridgehead atoms. The molecule has 3 aromatic heterocycles. The molecule has 32 heavy (non-hydrogen) atoms. The van der Waals surface area contributed by atoms with Crippen LogP contribution in [0.5, 0.6) is 0 Å². The van der Waals surface area contributed by atoms with Crippen molar-refractivity contribution in [2.75, 3.05) is 0 Å². The SMILES string of the molecule is C=Cc1c(C=C)n2c3ccccc3nc2n(-c2ccc(C)cc2)c2nc3ccccc3n12. The maximum Gasteiger partial charge on any atom is 0.223 e. The van der Waals surface area contributed by atoms with E-state index in [0.29, 0.717) is 0 Å². The Hall–Kier alpha value is -4.38. The second-order valence-electron chi connectivity index (χ2n) is 7.82. The Morgan fingerprint density at radius 2 is 1.12 bits per heavy atom. The van der Waals surface area contributed by atoms with Crippen LogP contribution in [0.2, 0.25) is 0 Å². The third-order valence-corrected chi connectivity index (χ3v) is 5.91. The number of hydrogen-bond acceptors (Lipinski definition) is 2. The summed E-state index contributed by atoms with van der Waals surface area (Å²) in [6.45, 7) is 10.4. The molecular weight excluding hydrogens is 394 g/mol. The van der Waals surface area contributed by atoms with Gasteiger partial charge in [0.25, 0.3) is 0 Å². The minimum absolute atomic E-state index is 0.762. The summed E-state index contributed by atoms with van der Waals surface area (Å²) in [5.41, 5.74) is 7.82. The van der Waals surface area contributed by atoms with Crippen molar-refractivity contribution in [3.63, 3.8) is 0 Å². The lowest BCUT2D eigenvalue weighted by molar-refractivity contribution is 1.02. The van der Waals surface area contributed by atoms with Crippen LogP contribution in [-0.2, 0) is 0 Å². The van der Waals surface area contributed by atoms with Gasteiger partial charge in [0.2, 0.25) is 11.6 Å². The quantitative estimate of drug-likeness (QED) is 0.343. The summed E-state index contributed by atoms with van der Waals surface area (Å²) < 4.78 is 6.39. The second kappa shape index (κ2) is 6.82. The topological polar surface area (TPSA) is 39.5 Å². The molecule has 0 amide bonds. The van der Waals surface area contributed by atoms with Gasteiger partial charge in [0, 0.05) is 0 Å². The minimum Gasteiger partial charge on any atom is -0.276 e. The Kier molecular flexibility index (Phi) is 3.92. The molecule has 0 saturated heterocycles. The standard InChI is InChI=1S/C27H21N5/c1-4-22-23(5-2)32-25-13-9-7-11-21(25)29-27(32)30(19-16-14-18(3)15-17-19)26-28-20-10-6-8-12-24(20)31(22)26/h4-17H,1-2H2,3H3. The molecule has 0 aliphatic rings. The van der Waals surface area contributed by atoms with E-state index in [0.717, 1.165) is 50.7 Å². The van der Waals surface area contributed by atoms with E-state index >= 15 is 0 Å². The molecule has 0 N–H and O–H groups in total. The Bertz CT molecular complexity index is 1600. The number of imidazole rings is 2. The van der Waals surface area contributed by atoms with Gasteiger partial charge in [-0.2, -0.15) is 0 Å². The van der Waals surface area contributed by atoms with Crippen molar-refractivity contribution in [3.8, 4) is 5.69 Å². The second-order valence-corrected chi connectivity index (χ2v) is 7.82.